The molecule has 5 nitrogen and oxygen atoms in total. The molecule has 1 amide bonds. The van der Waals surface area contributed by atoms with Gasteiger partial charge in [-0.3, -0.25) is 9.69 Å². The van der Waals surface area contributed by atoms with Crippen molar-refractivity contribution in [1.82, 2.24) is 10.2 Å². The first-order valence-corrected chi connectivity index (χ1v) is 9.57. The lowest BCUT2D eigenvalue weighted by Crippen LogP contribution is -2.38. The van der Waals surface area contributed by atoms with Gasteiger partial charge in [-0.25, -0.2) is 0 Å². The number of nitrogens with zero attached hydrogens (tertiary/aromatic N) is 2. The Morgan fingerprint density at radius 3 is 2.52 bits per heavy atom. The topological polar surface area (TPSA) is 44.8 Å². The quantitative estimate of drug-likeness (QED) is 0.817. The molecular weight excluding hydrogens is 338 g/mol. The largest absolute Gasteiger partial charge is 0.378 e. The van der Waals surface area contributed by atoms with Crippen LogP contribution in [0.4, 0.5) is 5.69 Å². The molecular formula is C22H29N3O2. The maximum absolute atomic E-state index is 12.4. The van der Waals surface area contributed by atoms with Crippen molar-refractivity contribution < 1.29 is 9.53 Å². The van der Waals surface area contributed by atoms with E-state index in [2.05, 4.69) is 39.4 Å². The van der Waals surface area contributed by atoms with Gasteiger partial charge in [-0.2, -0.15) is 0 Å². The van der Waals surface area contributed by atoms with E-state index in [1.165, 1.54) is 11.3 Å². The van der Waals surface area contributed by atoms with Crippen LogP contribution < -0.4 is 10.2 Å². The summed E-state index contributed by atoms with van der Waals surface area (Å²) in [7, 11) is 1.99. The number of likely N-dealkylation sites (N-methyl/N-ethyl adjacent to an activating group) is 1. The monoisotopic (exact) mass is 367 g/mol. The zero-order valence-electron chi connectivity index (χ0n) is 16.2. The summed E-state index contributed by atoms with van der Waals surface area (Å²) < 4.78 is 5.46. The predicted molar refractivity (Wildman–Crippen MR) is 109 cm³/mol. The molecule has 0 bridgehead atoms. The third-order valence-electron chi connectivity index (χ3n) is 4.87. The minimum atomic E-state index is 0.00716. The fraction of sp³-hybridized carbons (Fsp3) is 0.409. The smallest absolute Gasteiger partial charge is 0.234 e. The van der Waals surface area contributed by atoms with Crippen LogP contribution in [0.5, 0.6) is 0 Å². The predicted octanol–water partition coefficient (Wildman–Crippen LogP) is 2.83. The molecule has 1 fully saturated rings. The highest BCUT2D eigenvalue weighted by Crippen LogP contribution is 2.22. The van der Waals surface area contributed by atoms with Gasteiger partial charge in [-0.05, 0) is 31.2 Å². The summed E-state index contributed by atoms with van der Waals surface area (Å²) in [6, 6.07) is 18.5. The summed E-state index contributed by atoms with van der Waals surface area (Å²) in [4.78, 5) is 16.9. The highest BCUT2D eigenvalue weighted by Gasteiger charge is 2.16. The van der Waals surface area contributed by atoms with Crippen LogP contribution in [0.15, 0.2) is 54.6 Å². The van der Waals surface area contributed by atoms with Gasteiger partial charge in [-0.1, -0.05) is 48.5 Å². The highest BCUT2D eigenvalue weighted by molar-refractivity contribution is 5.78. The van der Waals surface area contributed by atoms with E-state index >= 15 is 0 Å². The molecule has 1 heterocycles. The summed E-state index contributed by atoms with van der Waals surface area (Å²) in [6.45, 7) is 6.48. The number of para-hydroxylation sites is 1. The molecule has 1 aliphatic rings. The molecule has 0 radical (unpaired) electrons. The normalized spacial score (nSPS) is 15.6. The number of amides is 1. The number of carbonyl (C=O) groups is 1. The molecule has 2 aromatic carbocycles. The van der Waals surface area contributed by atoms with Crippen molar-refractivity contribution >= 4 is 11.6 Å². The van der Waals surface area contributed by atoms with E-state index in [0.717, 1.165) is 38.4 Å². The Morgan fingerprint density at radius 1 is 1.11 bits per heavy atom. The Balaban J connectivity index is 1.56. The van der Waals surface area contributed by atoms with Crippen LogP contribution in [-0.4, -0.2) is 50.7 Å². The molecule has 1 unspecified atom stereocenters. The number of hydrogen-bond donors (Lipinski definition) is 1. The SMILES string of the molecule is CC(NC(=O)CN(C)Cc1ccccc1N1CCOCC1)c1ccccc1. The second-order valence-electron chi connectivity index (χ2n) is 7.10. The zero-order chi connectivity index (χ0) is 19.1. The molecule has 27 heavy (non-hydrogen) atoms. The second kappa shape index (κ2) is 9.53. The zero-order valence-corrected chi connectivity index (χ0v) is 16.2. The van der Waals surface area contributed by atoms with Gasteiger partial charge in [0.2, 0.25) is 5.91 Å². The molecule has 1 atom stereocenters. The lowest BCUT2D eigenvalue weighted by molar-refractivity contribution is -0.122. The van der Waals surface area contributed by atoms with Gasteiger partial charge >= 0.3 is 0 Å². The van der Waals surface area contributed by atoms with Gasteiger partial charge in [0.25, 0.3) is 0 Å². The minimum absolute atomic E-state index is 0.00716. The Hall–Kier alpha value is -2.37. The molecule has 1 saturated heterocycles. The molecule has 5 heteroatoms. The number of ether oxygens (including phenoxy) is 1. The fourth-order valence-electron chi connectivity index (χ4n) is 3.46. The first-order valence-electron chi connectivity index (χ1n) is 9.57. The average Bonchev–Trinajstić information content (AvgIpc) is 2.69. The molecule has 2 aromatic rings. The van der Waals surface area contributed by atoms with Crippen molar-refractivity contribution in [3.8, 4) is 0 Å². The lowest BCUT2D eigenvalue weighted by Gasteiger charge is -2.31. The molecule has 144 valence electrons. The Bertz CT molecular complexity index is 729. The van der Waals surface area contributed by atoms with Crippen LogP contribution in [-0.2, 0) is 16.1 Å². The van der Waals surface area contributed by atoms with E-state index < -0.39 is 0 Å². The molecule has 0 aromatic heterocycles. The highest BCUT2D eigenvalue weighted by atomic mass is 16.5. The van der Waals surface area contributed by atoms with E-state index in [9.17, 15) is 4.79 Å². The summed E-state index contributed by atoms with van der Waals surface area (Å²) >= 11 is 0. The van der Waals surface area contributed by atoms with Gasteiger partial charge in [0.1, 0.15) is 0 Å². The van der Waals surface area contributed by atoms with E-state index in [1.54, 1.807) is 0 Å². The average molecular weight is 367 g/mol. The molecule has 0 spiro atoms. The number of carbonyl (C=O) groups excluding carboxylic acids is 1. The number of nitrogens with one attached hydrogen (secondary N) is 1. The first-order chi connectivity index (χ1) is 13.1. The summed E-state index contributed by atoms with van der Waals surface area (Å²) in [5, 5.41) is 3.08. The number of morpholine rings is 1. The van der Waals surface area contributed by atoms with Gasteiger partial charge in [-0.15, -0.1) is 0 Å². The standard InChI is InChI=1S/C22H29N3O2/c1-18(19-8-4-3-5-9-19)23-22(26)17-24(2)16-20-10-6-7-11-21(20)25-12-14-27-15-13-25/h3-11,18H,12-17H2,1-2H3,(H,23,26). The maximum Gasteiger partial charge on any atom is 0.234 e. The van der Waals surface area contributed by atoms with Crippen molar-refractivity contribution in [3.05, 3.63) is 65.7 Å². The fourth-order valence-corrected chi connectivity index (χ4v) is 3.46. The number of hydrogen-bond acceptors (Lipinski definition) is 4. The Labute approximate surface area is 161 Å². The number of anilines is 1. The van der Waals surface area contributed by atoms with Gasteiger partial charge < -0.3 is 15.0 Å². The lowest BCUT2D eigenvalue weighted by atomic mass is 10.1. The van der Waals surface area contributed by atoms with Crippen LogP contribution in [0.1, 0.15) is 24.1 Å². The Kier molecular flexibility index (Phi) is 6.85. The van der Waals surface area contributed by atoms with Crippen LogP contribution in [0.2, 0.25) is 0 Å². The summed E-state index contributed by atoms with van der Waals surface area (Å²) in [5.74, 6) is 0.0395. The molecule has 3 rings (SSSR count). The van der Waals surface area contributed by atoms with Gasteiger partial charge in [0.15, 0.2) is 0 Å². The van der Waals surface area contributed by atoms with Crippen LogP contribution in [0, 0.1) is 0 Å². The Morgan fingerprint density at radius 2 is 1.78 bits per heavy atom. The van der Waals surface area contributed by atoms with E-state index in [0.29, 0.717) is 6.54 Å². The summed E-state index contributed by atoms with van der Waals surface area (Å²) in [5.41, 5.74) is 3.60. The van der Waals surface area contributed by atoms with Crippen molar-refractivity contribution in [2.75, 3.05) is 44.8 Å². The van der Waals surface area contributed by atoms with Crippen LogP contribution in [0.25, 0.3) is 0 Å². The van der Waals surface area contributed by atoms with Crippen molar-refractivity contribution in [1.29, 1.82) is 0 Å². The molecule has 1 N–H and O–H groups in total. The van der Waals surface area contributed by atoms with Gasteiger partial charge in [0.05, 0.1) is 25.8 Å². The van der Waals surface area contributed by atoms with E-state index in [-0.39, 0.29) is 11.9 Å². The van der Waals surface area contributed by atoms with Crippen LogP contribution in [0.3, 0.4) is 0 Å². The maximum atomic E-state index is 12.4. The second-order valence-corrected chi connectivity index (χ2v) is 7.10. The summed E-state index contributed by atoms with van der Waals surface area (Å²) in [6.07, 6.45) is 0. The van der Waals surface area contributed by atoms with Crippen molar-refractivity contribution in [2.45, 2.75) is 19.5 Å². The molecule has 0 aliphatic carbocycles. The van der Waals surface area contributed by atoms with E-state index in [4.69, 9.17) is 4.74 Å². The minimum Gasteiger partial charge on any atom is -0.378 e. The number of benzene rings is 2. The van der Waals surface area contributed by atoms with Gasteiger partial charge in [0, 0.05) is 25.3 Å². The van der Waals surface area contributed by atoms with Crippen molar-refractivity contribution in [2.24, 2.45) is 0 Å². The van der Waals surface area contributed by atoms with Crippen molar-refractivity contribution in [3.63, 3.8) is 0 Å². The molecule has 0 saturated carbocycles. The molecule has 1 aliphatic heterocycles. The third kappa shape index (κ3) is 5.55. The number of rotatable bonds is 7. The van der Waals surface area contributed by atoms with Crippen LogP contribution >= 0.6 is 0 Å². The van der Waals surface area contributed by atoms with E-state index in [1.807, 2.05) is 44.3 Å². The third-order valence-corrected chi connectivity index (χ3v) is 4.87. The first kappa shape index (κ1) is 19.4.